The second kappa shape index (κ2) is 7.59. The van der Waals surface area contributed by atoms with Crippen molar-refractivity contribution in [1.82, 2.24) is 14.8 Å². The lowest BCUT2D eigenvalue weighted by Gasteiger charge is -2.24. The van der Waals surface area contributed by atoms with Gasteiger partial charge in [0.05, 0.1) is 24.2 Å². The molecule has 0 aliphatic carbocycles. The molecule has 148 valence electrons. The van der Waals surface area contributed by atoms with Gasteiger partial charge in [-0.1, -0.05) is 48.5 Å². The van der Waals surface area contributed by atoms with Gasteiger partial charge in [0.25, 0.3) is 0 Å². The van der Waals surface area contributed by atoms with E-state index in [0.717, 1.165) is 51.8 Å². The molecule has 30 heavy (non-hydrogen) atoms. The van der Waals surface area contributed by atoms with Gasteiger partial charge in [-0.3, -0.25) is 4.98 Å². The van der Waals surface area contributed by atoms with Crippen molar-refractivity contribution < 1.29 is 4.74 Å². The minimum Gasteiger partial charge on any atom is -0.497 e. The number of methoxy groups -OCH3 is 1. The van der Waals surface area contributed by atoms with E-state index in [1.54, 1.807) is 7.11 Å². The Morgan fingerprint density at radius 3 is 2.37 bits per heavy atom. The first-order chi connectivity index (χ1) is 14.7. The number of rotatable bonds is 4. The summed E-state index contributed by atoms with van der Waals surface area (Å²) in [6.07, 6.45) is 2.58. The zero-order chi connectivity index (χ0) is 20.5. The SMILES string of the molecule is COc1ccc(-c2c(C)nn3c2N=C(c2ccccc2)C[C@@H]3c2ccccn2)cc1. The highest BCUT2D eigenvalue weighted by Gasteiger charge is 2.30. The Bertz CT molecular complexity index is 1200. The molecule has 1 atom stereocenters. The largest absolute Gasteiger partial charge is 0.497 e. The van der Waals surface area contributed by atoms with Crippen LogP contribution in [0.1, 0.15) is 29.4 Å². The fourth-order valence-electron chi connectivity index (χ4n) is 4.01. The van der Waals surface area contributed by atoms with Crippen molar-refractivity contribution in [2.24, 2.45) is 4.99 Å². The number of nitrogens with zero attached hydrogens (tertiary/aromatic N) is 4. The molecule has 0 saturated heterocycles. The Hall–Kier alpha value is -3.73. The number of pyridine rings is 1. The van der Waals surface area contributed by atoms with E-state index in [1.807, 2.05) is 48.1 Å². The third-order valence-electron chi connectivity index (χ3n) is 5.50. The summed E-state index contributed by atoms with van der Waals surface area (Å²) in [5, 5.41) is 4.89. The van der Waals surface area contributed by atoms with Crippen molar-refractivity contribution >= 4 is 11.5 Å². The average Bonchev–Trinajstić information content (AvgIpc) is 3.15. The second-order valence-corrected chi connectivity index (χ2v) is 7.36. The van der Waals surface area contributed by atoms with Gasteiger partial charge >= 0.3 is 0 Å². The van der Waals surface area contributed by atoms with Gasteiger partial charge < -0.3 is 4.74 Å². The highest BCUT2D eigenvalue weighted by molar-refractivity contribution is 6.04. The van der Waals surface area contributed by atoms with E-state index >= 15 is 0 Å². The molecule has 0 radical (unpaired) electrons. The number of hydrogen-bond donors (Lipinski definition) is 0. The van der Waals surface area contributed by atoms with Crippen LogP contribution < -0.4 is 4.74 Å². The van der Waals surface area contributed by atoms with Gasteiger partial charge in [0.2, 0.25) is 0 Å². The van der Waals surface area contributed by atoms with Crippen LogP contribution in [0.4, 0.5) is 5.82 Å². The molecule has 1 aliphatic heterocycles. The Balaban J connectivity index is 1.70. The van der Waals surface area contributed by atoms with Crippen LogP contribution in [0.3, 0.4) is 0 Å². The zero-order valence-corrected chi connectivity index (χ0v) is 17.0. The standard InChI is InChI=1S/C25H22N4O/c1-17-24(19-11-13-20(30-2)14-12-19)25-27-22(18-8-4-3-5-9-18)16-23(29(25)28-17)21-10-6-7-15-26-21/h3-15,23H,16H2,1-2H3/t23-/m1/s1. The summed E-state index contributed by atoms with van der Waals surface area (Å²) in [6.45, 7) is 2.04. The molecule has 0 unspecified atom stereocenters. The molecule has 5 rings (SSSR count). The fraction of sp³-hybridized carbons (Fsp3) is 0.160. The molecule has 5 nitrogen and oxygen atoms in total. The Labute approximate surface area is 175 Å². The van der Waals surface area contributed by atoms with Crippen molar-refractivity contribution in [1.29, 1.82) is 0 Å². The molecule has 0 bridgehead atoms. The highest BCUT2D eigenvalue weighted by Crippen LogP contribution is 2.41. The van der Waals surface area contributed by atoms with Crippen molar-refractivity contribution in [2.45, 2.75) is 19.4 Å². The third-order valence-corrected chi connectivity index (χ3v) is 5.50. The number of hydrogen-bond acceptors (Lipinski definition) is 4. The van der Waals surface area contributed by atoms with Gasteiger partial charge in [-0.05, 0) is 42.3 Å². The molecule has 5 heteroatoms. The van der Waals surface area contributed by atoms with Gasteiger partial charge in [-0.15, -0.1) is 0 Å². The molecule has 1 aliphatic rings. The monoisotopic (exact) mass is 394 g/mol. The van der Waals surface area contributed by atoms with E-state index in [2.05, 4.69) is 47.4 Å². The van der Waals surface area contributed by atoms with Crippen molar-refractivity contribution in [3.05, 3.63) is 95.9 Å². The third kappa shape index (κ3) is 3.18. The maximum atomic E-state index is 5.32. The minimum absolute atomic E-state index is 0.000366. The topological polar surface area (TPSA) is 52.3 Å². The number of benzene rings is 2. The smallest absolute Gasteiger partial charge is 0.159 e. The lowest BCUT2D eigenvalue weighted by atomic mass is 9.97. The molecule has 0 amide bonds. The molecule has 0 spiro atoms. The predicted molar refractivity (Wildman–Crippen MR) is 119 cm³/mol. The van der Waals surface area contributed by atoms with Crippen molar-refractivity contribution in [2.75, 3.05) is 7.11 Å². The van der Waals surface area contributed by atoms with E-state index in [4.69, 9.17) is 14.8 Å². The summed E-state index contributed by atoms with van der Waals surface area (Å²) < 4.78 is 7.35. The van der Waals surface area contributed by atoms with Crippen LogP contribution in [0.5, 0.6) is 5.75 Å². The maximum Gasteiger partial charge on any atom is 0.159 e. The summed E-state index contributed by atoms with van der Waals surface area (Å²) in [7, 11) is 1.68. The number of fused-ring (bicyclic) bond motifs is 1. The average molecular weight is 394 g/mol. The van der Waals surface area contributed by atoms with Gasteiger partial charge in [0, 0.05) is 18.2 Å². The van der Waals surface area contributed by atoms with Gasteiger partial charge in [-0.25, -0.2) is 9.67 Å². The first-order valence-electron chi connectivity index (χ1n) is 10.0. The second-order valence-electron chi connectivity index (χ2n) is 7.36. The number of ether oxygens (including phenoxy) is 1. The number of aromatic nitrogens is 3. The van der Waals surface area contributed by atoms with E-state index in [9.17, 15) is 0 Å². The molecule has 2 aromatic heterocycles. The van der Waals surface area contributed by atoms with Crippen LogP contribution in [0.2, 0.25) is 0 Å². The van der Waals surface area contributed by atoms with Gasteiger partial charge in [0.1, 0.15) is 11.8 Å². The summed E-state index contributed by atoms with van der Waals surface area (Å²) in [4.78, 5) is 9.72. The van der Waals surface area contributed by atoms with E-state index in [0.29, 0.717) is 0 Å². The summed E-state index contributed by atoms with van der Waals surface area (Å²) in [5.74, 6) is 1.70. The Kier molecular flexibility index (Phi) is 4.64. The molecule has 0 fully saturated rings. The van der Waals surface area contributed by atoms with E-state index < -0.39 is 0 Å². The zero-order valence-electron chi connectivity index (χ0n) is 17.0. The normalized spacial score (nSPS) is 15.4. The number of aryl methyl sites for hydroxylation is 1. The first kappa shape index (κ1) is 18.3. The molecule has 3 heterocycles. The highest BCUT2D eigenvalue weighted by atomic mass is 16.5. The molecule has 4 aromatic rings. The molecule has 0 saturated carbocycles. The lowest BCUT2D eigenvalue weighted by Crippen LogP contribution is -2.22. The molecular weight excluding hydrogens is 372 g/mol. The van der Waals surface area contributed by atoms with Crippen LogP contribution >= 0.6 is 0 Å². The Morgan fingerprint density at radius 2 is 1.67 bits per heavy atom. The number of aliphatic imine (C=N–C) groups is 1. The van der Waals surface area contributed by atoms with Crippen LogP contribution in [0, 0.1) is 6.92 Å². The van der Waals surface area contributed by atoms with Gasteiger partial charge in [-0.2, -0.15) is 5.10 Å². The van der Waals surface area contributed by atoms with Crippen molar-refractivity contribution in [3.63, 3.8) is 0 Å². The Morgan fingerprint density at radius 1 is 0.900 bits per heavy atom. The van der Waals surface area contributed by atoms with E-state index in [1.165, 1.54) is 0 Å². The van der Waals surface area contributed by atoms with E-state index in [-0.39, 0.29) is 6.04 Å². The van der Waals surface area contributed by atoms with Crippen LogP contribution in [-0.4, -0.2) is 27.6 Å². The molecular formula is C25H22N4O. The fourth-order valence-corrected chi connectivity index (χ4v) is 4.01. The molecule has 2 aromatic carbocycles. The summed E-state index contributed by atoms with van der Waals surface area (Å²) in [6, 6.07) is 24.4. The van der Waals surface area contributed by atoms with Crippen LogP contribution in [0.25, 0.3) is 11.1 Å². The predicted octanol–water partition coefficient (Wildman–Crippen LogP) is 5.38. The quantitative estimate of drug-likeness (QED) is 0.467. The summed E-state index contributed by atoms with van der Waals surface area (Å²) >= 11 is 0. The van der Waals surface area contributed by atoms with Gasteiger partial charge in [0.15, 0.2) is 5.82 Å². The summed E-state index contributed by atoms with van der Waals surface area (Å²) in [5.41, 5.74) is 6.25. The molecule has 0 N–H and O–H groups in total. The van der Waals surface area contributed by atoms with Crippen LogP contribution in [-0.2, 0) is 0 Å². The first-order valence-corrected chi connectivity index (χ1v) is 10.0. The minimum atomic E-state index is -0.000366. The lowest BCUT2D eigenvalue weighted by molar-refractivity contribution is 0.415. The van der Waals surface area contributed by atoms with Crippen LogP contribution in [0.15, 0.2) is 84.0 Å². The maximum absolute atomic E-state index is 5.32. The van der Waals surface area contributed by atoms with Crippen molar-refractivity contribution in [3.8, 4) is 16.9 Å².